The average Bonchev–Trinajstić information content (AvgIpc) is 3.24. The first-order valence-corrected chi connectivity index (χ1v) is 8.57. The van der Waals surface area contributed by atoms with Crippen molar-refractivity contribution >= 4 is 11.7 Å². The van der Waals surface area contributed by atoms with Crippen molar-refractivity contribution in [3.63, 3.8) is 0 Å². The summed E-state index contributed by atoms with van der Waals surface area (Å²) in [7, 11) is 0. The Morgan fingerprint density at radius 1 is 1.28 bits per heavy atom. The van der Waals surface area contributed by atoms with Crippen LogP contribution in [0.25, 0.3) is 0 Å². The van der Waals surface area contributed by atoms with Gasteiger partial charge >= 0.3 is 0 Å². The Bertz CT molecular complexity index is 704. The maximum atomic E-state index is 12.1. The fourth-order valence-corrected chi connectivity index (χ4v) is 2.86. The Morgan fingerprint density at radius 2 is 2.04 bits per heavy atom. The second kappa shape index (κ2) is 7.75. The first-order chi connectivity index (χ1) is 12.0. The minimum Gasteiger partial charge on any atom is -0.360 e. The second-order valence-corrected chi connectivity index (χ2v) is 6.26. The highest BCUT2D eigenvalue weighted by atomic mass is 16.5. The summed E-state index contributed by atoms with van der Waals surface area (Å²) in [4.78, 5) is 20.9. The van der Waals surface area contributed by atoms with Crippen LogP contribution in [0.5, 0.6) is 0 Å². The number of aromatic nitrogens is 3. The molecule has 0 aromatic carbocycles. The SMILES string of the molecule is CCc1noc([C@H](C)N2CCN(CC(=O)Nc3cc(C)on3)CC2)n1. The van der Waals surface area contributed by atoms with Gasteiger partial charge in [0.15, 0.2) is 11.6 Å². The van der Waals surface area contributed by atoms with E-state index in [4.69, 9.17) is 9.05 Å². The van der Waals surface area contributed by atoms with E-state index in [0.717, 1.165) is 38.4 Å². The molecular weight excluding hydrogens is 324 g/mol. The molecule has 2 aromatic heterocycles. The molecule has 9 heteroatoms. The summed E-state index contributed by atoms with van der Waals surface area (Å²) in [6.45, 7) is 9.52. The van der Waals surface area contributed by atoms with E-state index in [1.54, 1.807) is 13.0 Å². The number of rotatable bonds is 6. The van der Waals surface area contributed by atoms with Crippen LogP contribution in [0, 0.1) is 6.92 Å². The summed E-state index contributed by atoms with van der Waals surface area (Å²) in [5.74, 6) is 2.44. The van der Waals surface area contributed by atoms with E-state index in [2.05, 4.69) is 37.3 Å². The minimum absolute atomic E-state index is 0.0840. The summed E-state index contributed by atoms with van der Waals surface area (Å²) in [5.41, 5.74) is 0. The zero-order valence-electron chi connectivity index (χ0n) is 14.9. The molecule has 1 aliphatic rings. The Balaban J connectivity index is 1.45. The van der Waals surface area contributed by atoms with E-state index in [1.807, 2.05) is 6.92 Å². The number of amides is 1. The zero-order chi connectivity index (χ0) is 17.8. The van der Waals surface area contributed by atoms with E-state index < -0.39 is 0 Å². The number of nitrogens with zero attached hydrogens (tertiary/aromatic N) is 5. The molecule has 25 heavy (non-hydrogen) atoms. The van der Waals surface area contributed by atoms with Crippen LogP contribution in [-0.2, 0) is 11.2 Å². The maximum absolute atomic E-state index is 12.1. The van der Waals surface area contributed by atoms with Gasteiger partial charge in [0.2, 0.25) is 11.8 Å². The number of nitrogens with one attached hydrogen (secondary N) is 1. The Morgan fingerprint density at radius 3 is 2.64 bits per heavy atom. The number of hydrogen-bond acceptors (Lipinski definition) is 8. The molecule has 1 fully saturated rings. The number of carbonyl (C=O) groups is 1. The average molecular weight is 348 g/mol. The first kappa shape index (κ1) is 17.6. The molecule has 3 rings (SSSR count). The lowest BCUT2D eigenvalue weighted by Gasteiger charge is -2.36. The summed E-state index contributed by atoms with van der Waals surface area (Å²) >= 11 is 0. The summed E-state index contributed by atoms with van der Waals surface area (Å²) in [5, 5.41) is 10.5. The van der Waals surface area contributed by atoms with Gasteiger partial charge in [-0.05, 0) is 13.8 Å². The van der Waals surface area contributed by atoms with Crippen LogP contribution in [0.3, 0.4) is 0 Å². The zero-order valence-corrected chi connectivity index (χ0v) is 14.9. The molecule has 9 nitrogen and oxygen atoms in total. The molecule has 136 valence electrons. The predicted octanol–water partition coefficient (Wildman–Crippen LogP) is 1.25. The Hall–Kier alpha value is -2.26. The highest BCUT2D eigenvalue weighted by Gasteiger charge is 2.26. The van der Waals surface area contributed by atoms with Crippen LogP contribution >= 0.6 is 0 Å². The number of carbonyl (C=O) groups excluding carboxylic acids is 1. The van der Waals surface area contributed by atoms with Crippen molar-refractivity contribution < 1.29 is 13.8 Å². The Labute approximate surface area is 146 Å². The molecule has 0 radical (unpaired) electrons. The number of anilines is 1. The van der Waals surface area contributed by atoms with E-state index in [9.17, 15) is 4.79 Å². The molecule has 0 spiro atoms. The smallest absolute Gasteiger partial charge is 0.243 e. The van der Waals surface area contributed by atoms with Crippen LogP contribution in [0.4, 0.5) is 5.82 Å². The van der Waals surface area contributed by atoms with Crippen LogP contribution in [0.15, 0.2) is 15.1 Å². The van der Waals surface area contributed by atoms with Crippen molar-refractivity contribution in [3.05, 3.63) is 23.5 Å². The minimum atomic E-state index is -0.0840. The quantitative estimate of drug-likeness (QED) is 0.832. The van der Waals surface area contributed by atoms with Gasteiger partial charge in [-0.25, -0.2) is 0 Å². The predicted molar refractivity (Wildman–Crippen MR) is 90.0 cm³/mol. The summed E-state index contributed by atoms with van der Waals surface area (Å²) in [6.07, 6.45) is 0.768. The highest BCUT2D eigenvalue weighted by molar-refractivity contribution is 5.91. The lowest BCUT2D eigenvalue weighted by Crippen LogP contribution is -2.49. The van der Waals surface area contributed by atoms with Crippen molar-refractivity contribution in [3.8, 4) is 0 Å². The third-order valence-electron chi connectivity index (χ3n) is 4.37. The van der Waals surface area contributed by atoms with Gasteiger partial charge in [-0.1, -0.05) is 17.2 Å². The molecule has 1 saturated heterocycles. The molecule has 0 bridgehead atoms. The van der Waals surface area contributed by atoms with Crippen molar-refractivity contribution in [2.75, 3.05) is 38.0 Å². The van der Waals surface area contributed by atoms with Gasteiger partial charge in [0.1, 0.15) is 5.76 Å². The summed E-state index contributed by atoms with van der Waals surface area (Å²) in [6, 6.07) is 1.79. The lowest BCUT2D eigenvalue weighted by molar-refractivity contribution is -0.117. The van der Waals surface area contributed by atoms with Crippen molar-refractivity contribution in [2.45, 2.75) is 33.2 Å². The fourth-order valence-electron chi connectivity index (χ4n) is 2.86. The van der Waals surface area contributed by atoms with Gasteiger partial charge < -0.3 is 14.4 Å². The molecule has 1 amide bonds. The molecular formula is C16H24N6O3. The lowest BCUT2D eigenvalue weighted by atomic mass is 10.2. The van der Waals surface area contributed by atoms with Gasteiger partial charge in [-0.3, -0.25) is 14.6 Å². The van der Waals surface area contributed by atoms with Gasteiger partial charge in [0.05, 0.1) is 12.6 Å². The second-order valence-electron chi connectivity index (χ2n) is 6.26. The van der Waals surface area contributed by atoms with Crippen LogP contribution in [-0.4, -0.2) is 63.7 Å². The highest BCUT2D eigenvalue weighted by Crippen LogP contribution is 2.20. The van der Waals surface area contributed by atoms with E-state index in [1.165, 1.54) is 0 Å². The summed E-state index contributed by atoms with van der Waals surface area (Å²) < 4.78 is 10.3. The molecule has 1 N–H and O–H groups in total. The topological polar surface area (TPSA) is 101 Å². The largest absolute Gasteiger partial charge is 0.360 e. The standard InChI is InChI=1S/C16H24N6O3/c1-4-13-18-16(25-19-13)12(3)22-7-5-21(6-8-22)10-15(23)17-14-9-11(2)24-20-14/h9,12H,4-8,10H2,1-3H3,(H,17,20,23)/t12-/m0/s1. The normalized spacial score (nSPS) is 17.6. The number of aryl methyl sites for hydroxylation is 2. The third-order valence-corrected chi connectivity index (χ3v) is 4.37. The van der Waals surface area contributed by atoms with Crippen molar-refractivity contribution in [2.24, 2.45) is 0 Å². The monoisotopic (exact) mass is 348 g/mol. The molecule has 0 saturated carbocycles. The van der Waals surface area contributed by atoms with Gasteiger partial charge in [-0.15, -0.1) is 0 Å². The van der Waals surface area contributed by atoms with Gasteiger partial charge in [-0.2, -0.15) is 4.98 Å². The van der Waals surface area contributed by atoms with Crippen LogP contribution in [0.1, 0.15) is 37.4 Å². The molecule has 0 unspecified atom stereocenters. The Kier molecular flexibility index (Phi) is 5.44. The molecule has 1 atom stereocenters. The first-order valence-electron chi connectivity index (χ1n) is 8.57. The van der Waals surface area contributed by atoms with Crippen molar-refractivity contribution in [1.29, 1.82) is 0 Å². The van der Waals surface area contributed by atoms with Gasteiger partial charge in [0.25, 0.3) is 0 Å². The van der Waals surface area contributed by atoms with E-state index in [-0.39, 0.29) is 11.9 Å². The maximum Gasteiger partial charge on any atom is 0.243 e. The van der Waals surface area contributed by atoms with Crippen LogP contribution < -0.4 is 5.32 Å². The van der Waals surface area contributed by atoms with E-state index >= 15 is 0 Å². The fraction of sp³-hybridized carbons (Fsp3) is 0.625. The molecule has 0 aliphatic carbocycles. The van der Waals surface area contributed by atoms with Crippen molar-refractivity contribution in [1.82, 2.24) is 25.1 Å². The van der Waals surface area contributed by atoms with Gasteiger partial charge in [0, 0.05) is 38.7 Å². The molecule has 1 aliphatic heterocycles. The van der Waals surface area contributed by atoms with E-state index in [0.29, 0.717) is 24.0 Å². The molecule has 2 aromatic rings. The third kappa shape index (κ3) is 4.43. The molecule has 3 heterocycles. The number of piperazine rings is 1. The van der Waals surface area contributed by atoms with Crippen LogP contribution in [0.2, 0.25) is 0 Å². The number of hydrogen-bond donors (Lipinski definition) is 1.